The molecule has 0 amide bonds. The van der Waals surface area contributed by atoms with Gasteiger partial charge >= 0.3 is 0 Å². The van der Waals surface area contributed by atoms with Crippen LogP contribution in [0.25, 0.3) is 111 Å². The molecule has 0 saturated carbocycles. The lowest BCUT2D eigenvalue weighted by molar-refractivity contribution is 0.589. The summed E-state index contributed by atoms with van der Waals surface area (Å²) in [5.74, 6) is -1.43. The van der Waals surface area contributed by atoms with Gasteiger partial charge in [0, 0.05) is 50.6 Å². The Labute approximate surface area is 378 Å². The van der Waals surface area contributed by atoms with Crippen LogP contribution in [-0.4, -0.2) is 19.1 Å². The van der Waals surface area contributed by atoms with Crippen molar-refractivity contribution in [2.24, 2.45) is 0 Å². The lowest BCUT2D eigenvalue weighted by atomic mass is 9.98. The zero-order valence-corrected chi connectivity index (χ0v) is 35.2. The molecule has 4 heterocycles. The number of rotatable bonds is 7. The van der Waals surface area contributed by atoms with Crippen LogP contribution in [0.5, 0.6) is 0 Å². The van der Waals surface area contributed by atoms with Crippen molar-refractivity contribution < 1.29 is 8.78 Å². The molecule has 0 saturated heterocycles. The Bertz CT molecular complexity index is 3900. The Morgan fingerprint density at radius 1 is 0.379 bits per heavy atom. The minimum Gasteiger partial charge on any atom is -0.309 e. The van der Waals surface area contributed by atoms with Gasteiger partial charge in [-0.2, -0.15) is 5.26 Å². The summed E-state index contributed by atoms with van der Waals surface area (Å²) in [5, 5.41) is 15.1. The van der Waals surface area contributed by atoms with E-state index in [1.807, 2.05) is 126 Å². The first-order valence-electron chi connectivity index (χ1n) is 21.7. The molecule has 0 N–H and O–H groups in total. The normalized spacial score (nSPS) is 11.5. The maximum atomic E-state index is 16.5. The van der Waals surface area contributed by atoms with Crippen LogP contribution in [0.15, 0.2) is 213 Å². The van der Waals surface area contributed by atoms with Gasteiger partial charge in [-0.15, -0.1) is 0 Å². The number of nitriles is 1. The van der Waals surface area contributed by atoms with Gasteiger partial charge in [0.05, 0.1) is 56.0 Å². The minimum absolute atomic E-state index is 0.186. The fourth-order valence-corrected chi connectivity index (χ4v) is 9.56. The van der Waals surface area contributed by atoms with Gasteiger partial charge in [-0.25, -0.2) is 8.78 Å². The van der Waals surface area contributed by atoms with Gasteiger partial charge in [-0.3, -0.25) is 9.97 Å². The SMILES string of the molecule is N#Cc1cc(-n2c3ccccc3c3ccc(-c4ccnc(-c5ccccc5)c4)cc32)c(-c2c(F)cccc2F)cc1-n1c2ccccc2c2ccc(-c3ccnc(-c4ccccc4)c3)cc21. The maximum absolute atomic E-state index is 16.5. The lowest BCUT2D eigenvalue weighted by Crippen LogP contribution is -2.05. The Balaban J connectivity index is 1.12. The van der Waals surface area contributed by atoms with Gasteiger partial charge in [0.1, 0.15) is 17.7 Å². The Morgan fingerprint density at radius 2 is 0.833 bits per heavy atom. The molecule has 5 nitrogen and oxygen atoms in total. The van der Waals surface area contributed by atoms with E-state index in [0.29, 0.717) is 22.5 Å². The van der Waals surface area contributed by atoms with E-state index in [0.717, 1.165) is 88.4 Å². The highest BCUT2D eigenvalue weighted by atomic mass is 19.1. The molecule has 0 bridgehead atoms. The number of fused-ring (bicyclic) bond motifs is 6. The van der Waals surface area contributed by atoms with Crippen LogP contribution < -0.4 is 0 Å². The second kappa shape index (κ2) is 15.7. The Kier molecular flexibility index (Phi) is 9.18. The van der Waals surface area contributed by atoms with E-state index < -0.39 is 11.6 Å². The smallest absolute Gasteiger partial charge is 0.134 e. The summed E-state index contributed by atoms with van der Waals surface area (Å²) in [7, 11) is 0. The predicted molar refractivity (Wildman–Crippen MR) is 263 cm³/mol. The summed E-state index contributed by atoms with van der Waals surface area (Å²) >= 11 is 0. The average molecular weight is 852 g/mol. The number of hydrogen-bond acceptors (Lipinski definition) is 3. The lowest BCUT2D eigenvalue weighted by Gasteiger charge is -2.19. The van der Waals surface area contributed by atoms with Crippen LogP contribution in [0.1, 0.15) is 5.56 Å². The summed E-state index contributed by atoms with van der Waals surface area (Å²) in [4.78, 5) is 9.34. The first-order chi connectivity index (χ1) is 32.5. The first-order valence-corrected chi connectivity index (χ1v) is 21.7. The molecule has 0 spiro atoms. The summed E-state index contributed by atoms with van der Waals surface area (Å²) in [6.07, 6.45) is 3.63. The predicted octanol–water partition coefficient (Wildman–Crippen LogP) is 15.2. The molecule has 0 aliphatic carbocycles. The van der Waals surface area contributed by atoms with Crippen LogP contribution >= 0.6 is 0 Å². The molecular formula is C59H35F2N5. The third-order valence-electron chi connectivity index (χ3n) is 12.6. The second-order valence-electron chi connectivity index (χ2n) is 16.4. The third-order valence-corrected chi connectivity index (χ3v) is 12.6. The van der Waals surface area contributed by atoms with Gasteiger partial charge in [-0.05, 0) is 95.1 Å². The zero-order chi connectivity index (χ0) is 44.3. The van der Waals surface area contributed by atoms with E-state index in [4.69, 9.17) is 0 Å². The molecule has 0 aliphatic rings. The molecule has 4 aromatic heterocycles. The Morgan fingerprint density at radius 3 is 1.35 bits per heavy atom. The summed E-state index contributed by atoms with van der Waals surface area (Å²) < 4.78 is 37.0. The number of benzene rings is 8. The molecule has 12 aromatic rings. The molecule has 0 aliphatic heterocycles. The van der Waals surface area contributed by atoms with Gasteiger partial charge in [0.2, 0.25) is 0 Å². The van der Waals surface area contributed by atoms with Crippen LogP contribution in [0, 0.1) is 23.0 Å². The highest BCUT2D eigenvalue weighted by molar-refractivity contribution is 6.12. The van der Waals surface area contributed by atoms with Crippen molar-refractivity contribution in [2.45, 2.75) is 0 Å². The third kappa shape index (κ3) is 6.35. The molecule has 8 aromatic carbocycles. The molecule has 0 atom stereocenters. The summed E-state index contributed by atoms with van der Waals surface area (Å²) in [6.45, 7) is 0. The molecule has 310 valence electrons. The first kappa shape index (κ1) is 38.7. The minimum atomic E-state index is -0.713. The van der Waals surface area contributed by atoms with Gasteiger partial charge in [0.15, 0.2) is 0 Å². The molecule has 7 heteroatoms. The van der Waals surface area contributed by atoms with Crippen molar-refractivity contribution in [3.05, 3.63) is 230 Å². The summed E-state index contributed by atoms with van der Waals surface area (Å²) in [6, 6.07) is 66.9. The van der Waals surface area contributed by atoms with Gasteiger partial charge in [-0.1, -0.05) is 127 Å². The fraction of sp³-hybridized carbons (Fsp3) is 0. The van der Waals surface area contributed by atoms with Crippen LogP contribution in [0.2, 0.25) is 0 Å². The topological polar surface area (TPSA) is 59.4 Å². The highest BCUT2D eigenvalue weighted by Gasteiger charge is 2.25. The standard InChI is InChI=1S/C59H35F2N5/c60-49-18-11-19-50(61)59(49)48-35-55(65-53-20-9-7-16-44(53)46-24-22-39(32-56(46)65)41-26-28-63-51(30-41)37-12-3-1-4-13-37)43(36-62)34-58(48)66-54-21-10-8-17-45(54)47-25-23-40(33-57(47)66)42-27-29-64-52(31-42)38-14-5-2-6-15-38/h1-35H. The Hall–Kier alpha value is -8.99. The largest absolute Gasteiger partial charge is 0.309 e. The highest BCUT2D eigenvalue weighted by Crippen LogP contribution is 2.43. The van der Waals surface area contributed by atoms with E-state index in [2.05, 4.69) is 81.3 Å². The number of nitrogens with zero attached hydrogens (tertiary/aromatic N) is 5. The van der Waals surface area contributed by atoms with E-state index in [1.54, 1.807) is 12.1 Å². The number of aromatic nitrogens is 4. The second-order valence-corrected chi connectivity index (χ2v) is 16.4. The van der Waals surface area contributed by atoms with Crippen molar-refractivity contribution >= 4 is 43.6 Å². The number of hydrogen-bond donors (Lipinski definition) is 0. The molecule has 0 unspecified atom stereocenters. The van der Waals surface area contributed by atoms with Crippen molar-refractivity contribution in [1.82, 2.24) is 19.1 Å². The summed E-state index contributed by atoms with van der Waals surface area (Å²) in [5.41, 5.74) is 12.3. The quantitative estimate of drug-likeness (QED) is 0.160. The van der Waals surface area contributed by atoms with Crippen molar-refractivity contribution in [3.8, 4) is 73.3 Å². The van der Waals surface area contributed by atoms with E-state index in [1.165, 1.54) is 18.2 Å². The number of halogens is 2. The number of pyridine rings is 2. The molecular weight excluding hydrogens is 817 g/mol. The number of para-hydroxylation sites is 2. The molecule has 12 rings (SSSR count). The monoisotopic (exact) mass is 851 g/mol. The molecule has 0 fully saturated rings. The van der Waals surface area contributed by atoms with Gasteiger partial charge in [0.25, 0.3) is 0 Å². The van der Waals surface area contributed by atoms with Crippen molar-refractivity contribution in [1.29, 1.82) is 5.26 Å². The van der Waals surface area contributed by atoms with Crippen LogP contribution in [-0.2, 0) is 0 Å². The molecule has 0 radical (unpaired) electrons. The zero-order valence-electron chi connectivity index (χ0n) is 35.2. The van der Waals surface area contributed by atoms with Crippen molar-refractivity contribution in [3.63, 3.8) is 0 Å². The van der Waals surface area contributed by atoms with E-state index in [9.17, 15) is 5.26 Å². The van der Waals surface area contributed by atoms with Crippen LogP contribution in [0.3, 0.4) is 0 Å². The maximum Gasteiger partial charge on any atom is 0.134 e. The molecule has 66 heavy (non-hydrogen) atoms. The fourth-order valence-electron chi connectivity index (χ4n) is 9.56. The van der Waals surface area contributed by atoms with Gasteiger partial charge < -0.3 is 9.13 Å². The van der Waals surface area contributed by atoms with E-state index in [-0.39, 0.29) is 5.56 Å². The van der Waals surface area contributed by atoms with E-state index >= 15 is 8.78 Å². The van der Waals surface area contributed by atoms with Crippen LogP contribution in [0.4, 0.5) is 8.78 Å². The van der Waals surface area contributed by atoms with Crippen molar-refractivity contribution in [2.75, 3.05) is 0 Å². The average Bonchev–Trinajstić information content (AvgIpc) is 3.88.